The molecule has 5 heteroatoms. The Kier molecular flexibility index (Phi) is 4.37. The molecule has 0 atom stereocenters. The molecule has 0 spiro atoms. The van der Waals surface area contributed by atoms with Gasteiger partial charge in [-0.25, -0.2) is 0 Å². The minimum atomic E-state index is 0.250. The van der Waals surface area contributed by atoms with Gasteiger partial charge in [-0.15, -0.1) is 0 Å². The molecule has 4 rings (SSSR count). The summed E-state index contributed by atoms with van der Waals surface area (Å²) >= 11 is 0. The summed E-state index contributed by atoms with van der Waals surface area (Å²) in [6.07, 6.45) is 5.20. The molecular formula is C20H17N3O2. The number of hydrogen-bond acceptors (Lipinski definition) is 5. The van der Waals surface area contributed by atoms with E-state index in [1.807, 2.05) is 48.7 Å². The molecule has 2 aromatic heterocycles. The smallest absolute Gasteiger partial charge is 0.264 e. The van der Waals surface area contributed by atoms with Crippen molar-refractivity contribution in [2.45, 2.75) is 19.4 Å². The maximum atomic E-state index is 5.86. The van der Waals surface area contributed by atoms with Gasteiger partial charge < -0.3 is 9.26 Å². The van der Waals surface area contributed by atoms with E-state index in [1.54, 1.807) is 6.20 Å². The molecule has 0 N–H and O–H groups in total. The van der Waals surface area contributed by atoms with Crippen LogP contribution in [0.1, 0.15) is 17.3 Å². The second kappa shape index (κ2) is 7.13. The molecule has 0 bridgehead atoms. The molecule has 0 fully saturated rings. The average Bonchev–Trinajstić information content (AvgIpc) is 3.13. The molecule has 0 saturated heterocycles. The molecule has 0 amide bonds. The number of aromatic nitrogens is 3. The molecule has 0 aliphatic heterocycles. The lowest BCUT2D eigenvalue weighted by Crippen LogP contribution is -1.98. The summed E-state index contributed by atoms with van der Waals surface area (Å²) in [7, 11) is 0. The van der Waals surface area contributed by atoms with Crippen LogP contribution in [0.4, 0.5) is 0 Å². The van der Waals surface area contributed by atoms with E-state index in [1.165, 1.54) is 5.56 Å². The van der Waals surface area contributed by atoms with Crippen LogP contribution in [0.2, 0.25) is 0 Å². The monoisotopic (exact) mass is 331 g/mol. The average molecular weight is 331 g/mol. The third-order valence-corrected chi connectivity index (χ3v) is 3.98. The van der Waals surface area contributed by atoms with Gasteiger partial charge in [0.2, 0.25) is 0 Å². The van der Waals surface area contributed by atoms with Gasteiger partial charge in [-0.2, -0.15) is 4.98 Å². The second-order valence-corrected chi connectivity index (χ2v) is 5.73. The highest BCUT2D eigenvalue weighted by molar-refractivity contribution is 5.87. The number of pyridine rings is 1. The van der Waals surface area contributed by atoms with Gasteiger partial charge in [-0.1, -0.05) is 47.6 Å². The van der Waals surface area contributed by atoms with Crippen LogP contribution in [0.3, 0.4) is 0 Å². The zero-order chi connectivity index (χ0) is 16.9. The lowest BCUT2D eigenvalue weighted by atomic mass is 10.1. The molecule has 0 unspecified atom stereocenters. The topological polar surface area (TPSA) is 61.0 Å². The SMILES string of the molecule is c1ccc(CCc2noc(COc3cccc4cnccc34)n2)cc1. The van der Waals surface area contributed by atoms with Crippen molar-refractivity contribution in [3.8, 4) is 5.75 Å². The van der Waals surface area contributed by atoms with Gasteiger partial charge in [-0.05, 0) is 24.1 Å². The summed E-state index contributed by atoms with van der Waals surface area (Å²) in [5, 5.41) is 6.08. The maximum Gasteiger partial charge on any atom is 0.264 e. The highest BCUT2D eigenvalue weighted by Gasteiger charge is 2.09. The third-order valence-electron chi connectivity index (χ3n) is 3.98. The van der Waals surface area contributed by atoms with Crippen LogP contribution in [0.5, 0.6) is 5.75 Å². The molecule has 0 aliphatic carbocycles. The fourth-order valence-corrected chi connectivity index (χ4v) is 2.71. The van der Waals surface area contributed by atoms with E-state index in [-0.39, 0.29) is 6.61 Å². The van der Waals surface area contributed by atoms with Crippen LogP contribution in [-0.4, -0.2) is 15.1 Å². The second-order valence-electron chi connectivity index (χ2n) is 5.73. The van der Waals surface area contributed by atoms with Crippen molar-refractivity contribution in [1.29, 1.82) is 0 Å². The van der Waals surface area contributed by atoms with E-state index >= 15 is 0 Å². The number of aryl methyl sites for hydroxylation is 2. The zero-order valence-corrected chi connectivity index (χ0v) is 13.6. The van der Waals surface area contributed by atoms with Crippen LogP contribution >= 0.6 is 0 Å². The Bertz CT molecular complexity index is 962. The fraction of sp³-hybridized carbons (Fsp3) is 0.150. The van der Waals surface area contributed by atoms with Crippen molar-refractivity contribution < 1.29 is 9.26 Å². The van der Waals surface area contributed by atoms with Crippen molar-refractivity contribution in [2.75, 3.05) is 0 Å². The molecule has 0 saturated carbocycles. The highest BCUT2D eigenvalue weighted by atomic mass is 16.5. The minimum absolute atomic E-state index is 0.250. The van der Waals surface area contributed by atoms with Gasteiger partial charge in [0.05, 0.1) is 0 Å². The Hall–Kier alpha value is -3.21. The van der Waals surface area contributed by atoms with E-state index in [0.717, 1.165) is 29.4 Å². The fourth-order valence-electron chi connectivity index (χ4n) is 2.71. The Morgan fingerprint density at radius 3 is 2.76 bits per heavy atom. The van der Waals surface area contributed by atoms with Gasteiger partial charge in [-0.3, -0.25) is 4.98 Å². The van der Waals surface area contributed by atoms with Crippen molar-refractivity contribution in [3.63, 3.8) is 0 Å². The van der Waals surface area contributed by atoms with Gasteiger partial charge >= 0.3 is 0 Å². The predicted octanol–water partition coefficient (Wildman–Crippen LogP) is 3.98. The molecule has 2 aromatic carbocycles. The third kappa shape index (κ3) is 3.66. The van der Waals surface area contributed by atoms with Crippen LogP contribution in [0.15, 0.2) is 71.5 Å². The van der Waals surface area contributed by atoms with Crippen LogP contribution < -0.4 is 4.74 Å². The normalized spacial score (nSPS) is 10.9. The summed E-state index contributed by atoms with van der Waals surface area (Å²) in [6.45, 7) is 0.250. The van der Waals surface area contributed by atoms with E-state index in [2.05, 4.69) is 27.3 Å². The van der Waals surface area contributed by atoms with Gasteiger partial charge in [0.25, 0.3) is 5.89 Å². The zero-order valence-electron chi connectivity index (χ0n) is 13.6. The van der Waals surface area contributed by atoms with Gasteiger partial charge in [0.15, 0.2) is 12.4 Å². The lowest BCUT2D eigenvalue weighted by molar-refractivity contribution is 0.244. The Morgan fingerprint density at radius 1 is 0.920 bits per heavy atom. The number of benzene rings is 2. The van der Waals surface area contributed by atoms with E-state index in [9.17, 15) is 0 Å². The Labute approximate surface area is 145 Å². The van der Waals surface area contributed by atoms with Gasteiger partial charge in [0, 0.05) is 29.6 Å². The molecule has 0 radical (unpaired) electrons. The number of rotatable bonds is 6. The number of ether oxygens (including phenoxy) is 1. The van der Waals surface area contributed by atoms with E-state index in [4.69, 9.17) is 9.26 Å². The van der Waals surface area contributed by atoms with Gasteiger partial charge in [0.1, 0.15) is 5.75 Å². The Balaban J connectivity index is 1.39. The summed E-state index contributed by atoms with van der Waals surface area (Å²) < 4.78 is 11.1. The first kappa shape index (κ1) is 15.3. The molecule has 5 nitrogen and oxygen atoms in total. The quantitative estimate of drug-likeness (QED) is 0.535. The molecule has 124 valence electrons. The molecule has 25 heavy (non-hydrogen) atoms. The maximum absolute atomic E-state index is 5.86. The summed E-state index contributed by atoms with van der Waals surface area (Å²) in [4.78, 5) is 8.53. The minimum Gasteiger partial charge on any atom is -0.483 e. The first-order valence-electron chi connectivity index (χ1n) is 8.19. The molecule has 0 aliphatic rings. The molecule has 4 aromatic rings. The van der Waals surface area contributed by atoms with Crippen molar-refractivity contribution in [1.82, 2.24) is 15.1 Å². The largest absolute Gasteiger partial charge is 0.483 e. The first-order chi connectivity index (χ1) is 12.4. The van der Waals surface area contributed by atoms with Crippen LogP contribution in [-0.2, 0) is 19.4 Å². The molecular weight excluding hydrogens is 314 g/mol. The highest BCUT2D eigenvalue weighted by Crippen LogP contribution is 2.25. The van der Waals surface area contributed by atoms with E-state index in [0.29, 0.717) is 11.7 Å². The predicted molar refractivity (Wildman–Crippen MR) is 94.2 cm³/mol. The molecule has 2 heterocycles. The summed E-state index contributed by atoms with van der Waals surface area (Å²) in [6, 6.07) is 18.1. The summed E-state index contributed by atoms with van der Waals surface area (Å²) in [5.74, 6) is 1.96. The number of fused-ring (bicyclic) bond motifs is 1. The van der Waals surface area contributed by atoms with Crippen LogP contribution in [0, 0.1) is 0 Å². The standard InChI is InChI=1S/C20H17N3O2/c1-2-5-15(6-3-1)9-10-19-22-20(25-23-19)14-24-18-8-4-7-16-13-21-12-11-17(16)18/h1-8,11-13H,9-10,14H2. The Morgan fingerprint density at radius 2 is 1.84 bits per heavy atom. The number of hydrogen-bond donors (Lipinski definition) is 0. The first-order valence-corrected chi connectivity index (χ1v) is 8.19. The van der Waals surface area contributed by atoms with Crippen molar-refractivity contribution in [2.24, 2.45) is 0 Å². The van der Waals surface area contributed by atoms with Crippen molar-refractivity contribution >= 4 is 10.8 Å². The lowest BCUT2D eigenvalue weighted by Gasteiger charge is -2.06. The van der Waals surface area contributed by atoms with E-state index < -0.39 is 0 Å². The number of nitrogens with zero attached hydrogens (tertiary/aromatic N) is 3. The van der Waals surface area contributed by atoms with Crippen LogP contribution in [0.25, 0.3) is 10.8 Å². The summed E-state index contributed by atoms with van der Waals surface area (Å²) in [5.41, 5.74) is 1.26. The van der Waals surface area contributed by atoms with Crippen molar-refractivity contribution in [3.05, 3.63) is 84.3 Å².